The van der Waals surface area contributed by atoms with Crippen LogP contribution in [0.3, 0.4) is 0 Å². The molecule has 2 amide bonds. The summed E-state index contributed by atoms with van der Waals surface area (Å²) in [7, 11) is 1.60. The van der Waals surface area contributed by atoms with Crippen LogP contribution in [0.1, 0.15) is 31.9 Å². The molecule has 0 aliphatic heterocycles. The van der Waals surface area contributed by atoms with E-state index < -0.39 is 6.04 Å². The summed E-state index contributed by atoms with van der Waals surface area (Å²) < 4.78 is 11.0. The number of hydrogen-bond acceptors (Lipinski definition) is 4. The fraction of sp³-hybridized carbons (Fsp3) is 0.417. The van der Waals surface area contributed by atoms with Crippen molar-refractivity contribution >= 4 is 11.8 Å². The molecule has 0 aliphatic carbocycles. The Morgan fingerprint density at radius 1 is 1.03 bits per heavy atom. The van der Waals surface area contributed by atoms with Crippen molar-refractivity contribution in [2.75, 3.05) is 20.3 Å². The van der Waals surface area contributed by atoms with Crippen molar-refractivity contribution in [3.05, 3.63) is 59.7 Å². The molecular formula is C24H32N2O4. The molecule has 0 bridgehead atoms. The molecule has 0 aliphatic rings. The summed E-state index contributed by atoms with van der Waals surface area (Å²) in [5.41, 5.74) is 1.93. The summed E-state index contributed by atoms with van der Waals surface area (Å²) in [5, 5.41) is 2.91. The zero-order chi connectivity index (χ0) is 22.1. The van der Waals surface area contributed by atoms with Gasteiger partial charge in [0, 0.05) is 13.1 Å². The maximum Gasteiger partial charge on any atom is 0.261 e. The molecule has 0 unspecified atom stereocenters. The molecule has 0 fully saturated rings. The van der Waals surface area contributed by atoms with E-state index in [1.54, 1.807) is 18.9 Å². The monoisotopic (exact) mass is 412 g/mol. The normalized spacial score (nSPS) is 11.7. The van der Waals surface area contributed by atoms with Crippen LogP contribution in [0.2, 0.25) is 0 Å². The average Bonchev–Trinajstić information content (AvgIpc) is 2.73. The van der Waals surface area contributed by atoms with Crippen molar-refractivity contribution < 1.29 is 19.1 Å². The molecule has 162 valence electrons. The fourth-order valence-corrected chi connectivity index (χ4v) is 2.94. The molecule has 0 spiro atoms. The molecule has 1 N–H and O–H groups in total. The van der Waals surface area contributed by atoms with Crippen molar-refractivity contribution in [2.24, 2.45) is 5.92 Å². The predicted molar refractivity (Wildman–Crippen MR) is 118 cm³/mol. The molecule has 6 nitrogen and oxygen atoms in total. The van der Waals surface area contributed by atoms with E-state index in [1.807, 2.05) is 69.3 Å². The van der Waals surface area contributed by atoms with Crippen LogP contribution < -0.4 is 14.8 Å². The second-order valence-corrected chi connectivity index (χ2v) is 7.79. The maximum atomic E-state index is 13.0. The molecule has 2 aromatic carbocycles. The van der Waals surface area contributed by atoms with Gasteiger partial charge in [-0.25, -0.2) is 0 Å². The van der Waals surface area contributed by atoms with Gasteiger partial charge < -0.3 is 19.7 Å². The van der Waals surface area contributed by atoms with E-state index in [4.69, 9.17) is 9.47 Å². The Labute approximate surface area is 179 Å². The number of ether oxygens (including phenoxy) is 2. The van der Waals surface area contributed by atoms with Crippen LogP contribution in [0.5, 0.6) is 11.5 Å². The Morgan fingerprint density at radius 2 is 1.73 bits per heavy atom. The standard InChI is InChI=1S/C24H32N2O4/c1-17(2)14-25-24(28)19(4)26(15-20-9-7-10-21(13-20)29-5)23(27)16-30-22-11-6-8-18(3)12-22/h6-13,17,19H,14-16H2,1-5H3,(H,25,28)/t19-/m0/s1. The number of methoxy groups -OCH3 is 1. The lowest BCUT2D eigenvalue weighted by Gasteiger charge is -2.29. The van der Waals surface area contributed by atoms with Gasteiger partial charge in [-0.1, -0.05) is 38.1 Å². The molecule has 2 aromatic rings. The van der Waals surface area contributed by atoms with Crippen LogP contribution in [0.4, 0.5) is 0 Å². The second-order valence-electron chi connectivity index (χ2n) is 7.79. The average molecular weight is 413 g/mol. The molecule has 0 radical (unpaired) electrons. The molecule has 0 saturated heterocycles. The van der Waals surface area contributed by atoms with Crippen molar-refractivity contribution in [3.63, 3.8) is 0 Å². The number of carbonyl (C=O) groups excluding carboxylic acids is 2. The van der Waals surface area contributed by atoms with Gasteiger partial charge in [-0.15, -0.1) is 0 Å². The topological polar surface area (TPSA) is 67.9 Å². The van der Waals surface area contributed by atoms with Gasteiger partial charge in [0.2, 0.25) is 5.91 Å². The highest BCUT2D eigenvalue weighted by molar-refractivity contribution is 5.88. The number of nitrogens with zero attached hydrogens (tertiary/aromatic N) is 1. The minimum atomic E-state index is -0.636. The number of rotatable bonds is 10. The molecule has 0 heterocycles. The summed E-state index contributed by atoms with van der Waals surface area (Å²) >= 11 is 0. The number of hydrogen-bond donors (Lipinski definition) is 1. The first kappa shape index (κ1) is 23.3. The quantitative estimate of drug-likeness (QED) is 0.648. The van der Waals surface area contributed by atoms with Gasteiger partial charge in [-0.3, -0.25) is 9.59 Å². The highest BCUT2D eigenvalue weighted by atomic mass is 16.5. The first-order chi connectivity index (χ1) is 14.3. The lowest BCUT2D eigenvalue weighted by molar-refractivity contribution is -0.142. The lowest BCUT2D eigenvalue weighted by atomic mass is 10.1. The molecule has 30 heavy (non-hydrogen) atoms. The SMILES string of the molecule is COc1cccc(CN(C(=O)COc2cccc(C)c2)[C@@H](C)C(=O)NCC(C)C)c1. The maximum absolute atomic E-state index is 13.0. The Morgan fingerprint density at radius 3 is 2.40 bits per heavy atom. The van der Waals surface area contributed by atoms with E-state index in [0.717, 1.165) is 11.1 Å². The zero-order valence-corrected chi connectivity index (χ0v) is 18.5. The number of amides is 2. The van der Waals surface area contributed by atoms with Crippen molar-refractivity contribution in [2.45, 2.75) is 40.3 Å². The summed E-state index contributed by atoms with van der Waals surface area (Å²) in [6, 6.07) is 14.4. The summed E-state index contributed by atoms with van der Waals surface area (Å²) in [6.45, 7) is 8.45. The Bertz CT molecular complexity index is 851. The number of aryl methyl sites for hydroxylation is 1. The second kappa shape index (κ2) is 11.2. The number of nitrogens with one attached hydrogen (secondary N) is 1. The van der Waals surface area contributed by atoms with Gasteiger partial charge in [0.05, 0.1) is 7.11 Å². The molecule has 0 aromatic heterocycles. The summed E-state index contributed by atoms with van der Waals surface area (Å²) in [5.74, 6) is 1.21. The molecular weight excluding hydrogens is 380 g/mol. The van der Waals surface area contributed by atoms with E-state index in [0.29, 0.717) is 24.0 Å². The van der Waals surface area contributed by atoms with Crippen LogP contribution in [-0.2, 0) is 16.1 Å². The van der Waals surface area contributed by atoms with Gasteiger partial charge in [0.15, 0.2) is 6.61 Å². The van der Waals surface area contributed by atoms with E-state index in [-0.39, 0.29) is 25.0 Å². The van der Waals surface area contributed by atoms with Crippen molar-refractivity contribution in [1.29, 1.82) is 0 Å². The number of benzene rings is 2. The van der Waals surface area contributed by atoms with E-state index in [1.165, 1.54) is 0 Å². The summed E-state index contributed by atoms with van der Waals surface area (Å²) in [4.78, 5) is 27.2. The van der Waals surface area contributed by atoms with Crippen LogP contribution >= 0.6 is 0 Å². The Kier molecular flexibility index (Phi) is 8.71. The molecule has 0 saturated carbocycles. The first-order valence-corrected chi connectivity index (χ1v) is 10.2. The largest absolute Gasteiger partial charge is 0.497 e. The predicted octanol–water partition coefficient (Wildman–Crippen LogP) is 3.57. The molecule has 2 rings (SSSR count). The molecule has 6 heteroatoms. The van der Waals surface area contributed by atoms with Crippen molar-refractivity contribution in [3.8, 4) is 11.5 Å². The Hall–Kier alpha value is -3.02. The van der Waals surface area contributed by atoms with Gasteiger partial charge >= 0.3 is 0 Å². The van der Waals surface area contributed by atoms with Gasteiger partial charge in [-0.05, 0) is 55.2 Å². The van der Waals surface area contributed by atoms with Crippen molar-refractivity contribution in [1.82, 2.24) is 10.2 Å². The highest BCUT2D eigenvalue weighted by Crippen LogP contribution is 2.17. The van der Waals surface area contributed by atoms with Crippen LogP contribution in [0.15, 0.2) is 48.5 Å². The van der Waals surface area contributed by atoms with Gasteiger partial charge in [0.25, 0.3) is 5.91 Å². The van der Waals surface area contributed by atoms with E-state index in [2.05, 4.69) is 5.32 Å². The number of carbonyl (C=O) groups is 2. The smallest absolute Gasteiger partial charge is 0.261 e. The summed E-state index contributed by atoms with van der Waals surface area (Å²) in [6.07, 6.45) is 0. The fourth-order valence-electron chi connectivity index (χ4n) is 2.94. The highest BCUT2D eigenvalue weighted by Gasteiger charge is 2.26. The Balaban J connectivity index is 2.15. The zero-order valence-electron chi connectivity index (χ0n) is 18.5. The van der Waals surface area contributed by atoms with Crippen LogP contribution in [-0.4, -0.2) is 43.0 Å². The first-order valence-electron chi connectivity index (χ1n) is 10.2. The minimum Gasteiger partial charge on any atom is -0.497 e. The third-order valence-electron chi connectivity index (χ3n) is 4.69. The van der Waals surface area contributed by atoms with Gasteiger partial charge in [-0.2, -0.15) is 0 Å². The van der Waals surface area contributed by atoms with E-state index >= 15 is 0 Å². The van der Waals surface area contributed by atoms with Crippen LogP contribution in [0.25, 0.3) is 0 Å². The lowest BCUT2D eigenvalue weighted by Crippen LogP contribution is -2.49. The van der Waals surface area contributed by atoms with Crippen LogP contribution in [0, 0.1) is 12.8 Å². The minimum absolute atomic E-state index is 0.144. The third kappa shape index (κ3) is 7.10. The van der Waals surface area contributed by atoms with Gasteiger partial charge in [0.1, 0.15) is 17.5 Å². The van der Waals surface area contributed by atoms with E-state index in [9.17, 15) is 9.59 Å². The molecule has 1 atom stereocenters. The third-order valence-corrected chi connectivity index (χ3v) is 4.69.